The summed E-state index contributed by atoms with van der Waals surface area (Å²) in [5, 5.41) is 11.7. The van der Waals surface area contributed by atoms with E-state index in [1.807, 2.05) is 26.8 Å². The van der Waals surface area contributed by atoms with E-state index < -0.39 is 23.5 Å². The van der Waals surface area contributed by atoms with Crippen molar-refractivity contribution in [2.24, 2.45) is 0 Å². The lowest BCUT2D eigenvalue weighted by Crippen LogP contribution is -2.44. The third-order valence-electron chi connectivity index (χ3n) is 3.31. The number of hydrogen-bond acceptors (Lipinski definition) is 4. The van der Waals surface area contributed by atoms with Gasteiger partial charge in [-0.1, -0.05) is 30.3 Å². The van der Waals surface area contributed by atoms with Crippen LogP contribution in [0.4, 0.5) is 0 Å². The minimum Gasteiger partial charge on any atom is -0.444 e. The van der Waals surface area contributed by atoms with E-state index in [1.165, 1.54) is 0 Å². The fourth-order valence-corrected chi connectivity index (χ4v) is 2.19. The minimum atomic E-state index is -1.10. The topological polar surface area (TPSA) is 79.2 Å². The molecule has 5 heteroatoms. The first kappa shape index (κ1) is 18.2. The molecular weight excluding hydrogens is 316 g/mol. The quantitative estimate of drug-likeness (QED) is 0.868. The minimum absolute atomic E-state index is 0.365. The molecule has 2 aromatic carbocycles. The van der Waals surface area contributed by atoms with Gasteiger partial charge in [-0.25, -0.2) is 4.79 Å². The smallest absolute Gasteiger partial charge is 0.339 e. The number of nitrogens with one attached hydrogen (secondary N) is 1. The van der Waals surface area contributed by atoms with Crippen molar-refractivity contribution in [2.75, 3.05) is 0 Å². The molecule has 1 N–H and O–H groups in total. The van der Waals surface area contributed by atoms with Gasteiger partial charge < -0.3 is 10.1 Å². The summed E-state index contributed by atoms with van der Waals surface area (Å²) < 4.78 is 5.47. The third-order valence-corrected chi connectivity index (χ3v) is 3.31. The van der Waals surface area contributed by atoms with E-state index in [-0.39, 0.29) is 0 Å². The number of carbonyl (C=O) groups is 2. The Kier molecular flexibility index (Phi) is 5.56. The number of esters is 1. The maximum absolute atomic E-state index is 12.6. The fraction of sp³-hybridized carbons (Fsp3) is 0.250. The summed E-state index contributed by atoms with van der Waals surface area (Å²) >= 11 is 0. The van der Waals surface area contributed by atoms with Crippen LogP contribution in [-0.2, 0) is 9.53 Å². The van der Waals surface area contributed by atoms with E-state index in [2.05, 4.69) is 5.32 Å². The van der Waals surface area contributed by atoms with E-state index in [1.54, 1.807) is 54.6 Å². The number of amides is 1. The SMILES string of the molecule is CC(C)(C)NC(=O)C(OC(=O)c1ccccc1)c1ccc(C#N)cc1. The highest BCUT2D eigenvalue weighted by molar-refractivity contribution is 5.92. The molecule has 0 aliphatic rings. The second kappa shape index (κ2) is 7.63. The van der Waals surface area contributed by atoms with E-state index in [0.29, 0.717) is 16.7 Å². The van der Waals surface area contributed by atoms with Crippen LogP contribution in [0.2, 0.25) is 0 Å². The van der Waals surface area contributed by atoms with Crippen molar-refractivity contribution < 1.29 is 14.3 Å². The van der Waals surface area contributed by atoms with Gasteiger partial charge in [0, 0.05) is 11.1 Å². The largest absolute Gasteiger partial charge is 0.444 e. The number of hydrogen-bond donors (Lipinski definition) is 1. The van der Waals surface area contributed by atoms with Gasteiger partial charge in [0.1, 0.15) is 0 Å². The molecule has 5 nitrogen and oxygen atoms in total. The van der Waals surface area contributed by atoms with Crippen LogP contribution in [0, 0.1) is 11.3 Å². The Morgan fingerprint density at radius 2 is 1.64 bits per heavy atom. The highest BCUT2D eigenvalue weighted by Crippen LogP contribution is 2.21. The zero-order valence-corrected chi connectivity index (χ0v) is 14.4. The maximum Gasteiger partial charge on any atom is 0.339 e. The van der Waals surface area contributed by atoms with Crippen LogP contribution in [0.25, 0.3) is 0 Å². The Bertz CT molecular complexity index is 784. The molecule has 0 fully saturated rings. The average Bonchev–Trinajstić information content (AvgIpc) is 2.59. The van der Waals surface area contributed by atoms with Gasteiger partial charge in [0.05, 0.1) is 17.2 Å². The number of rotatable bonds is 4. The molecule has 1 unspecified atom stereocenters. The van der Waals surface area contributed by atoms with Crippen LogP contribution in [-0.4, -0.2) is 17.4 Å². The third kappa shape index (κ3) is 5.18. The summed E-state index contributed by atoms with van der Waals surface area (Å²) in [6, 6.07) is 16.9. The summed E-state index contributed by atoms with van der Waals surface area (Å²) in [6.45, 7) is 5.54. The predicted molar refractivity (Wildman–Crippen MR) is 93.7 cm³/mol. The first-order chi connectivity index (χ1) is 11.8. The van der Waals surface area contributed by atoms with Crippen LogP contribution in [0.1, 0.15) is 48.4 Å². The lowest BCUT2D eigenvalue weighted by Gasteiger charge is -2.25. The Hall–Kier alpha value is -3.13. The number of ether oxygens (including phenoxy) is 1. The maximum atomic E-state index is 12.6. The lowest BCUT2D eigenvalue weighted by atomic mass is 10.0. The number of nitrogens with zero attached hydrogens (tertiary/aromatic N) is 1. The predicted octanol–water partition coefficient (Wildman–Crippen LogP) is 3.37. The van der Waals surface area contributed by atoms with Crippen molar-refractivity contribution in [3.05, 3.63) is 71.3 Å². The molecule has 0 aromatic heterocycles. The highest BCUT2D eigenvalue weighted by Gasteiger charge is 2.28. The molecule has 0 heterocycles. The molecule has 0 aliphatic heterocycles. The first-order valence-electron chi connectivity index (χ1n) is 7.88. The van der Waals surface area contributed by atoms with E-state index in [0.717, 1.165) is 0 Å². The second-order valence-corrected chi connectivity index (χ2v) is 6.62. The Balaban J connectivity index is 2.29. The van der Waals surface area contributed by atoms with Crippen molar-refractivity contribution in [3.8, 4) is 6.07 Å². The van der Waals surface area contributed by atoms with Crippen LogP contribution < -0.4 is 5.32 Å². The number of nitriles is 1. The summed E-state index contributed by atoms with van der Waals surface area (Å²) in [6.07, 6.45) is -1.10. The Labute approximate surface area is 147 Å². The normalized spacial score (nSPS) is 11.9. The fourth-order valence-electron chi connectivity index (χ4n) is 2.19. The summed E-state index contributed by atoms with van der Waals surface area (Å²) in [5.41, 5.74) is 0.865. The molecule has 128 valence electrons. The molecule has 2 rings (SSSR count). The average molecular weight is 336 g/mol. The van der Waals surface area contributed by atoms with Gasteiger partial charge in [-0.05, 0) is 45.0 Å². The molecule has 0 radical (unpaired) electrons. The summed E-state index contributed by atoms with van der Waals surface area (Å²) in [5.74, 6) is -1.000. The van der Waals surface area contributed by atoms with Crippen molar-refractivity contribution in [2.45, 2.75) is 32.4 Å². The van der Waals surface area contributed by atoms with Crippen LogP contribution in [0.5, 0.6) is 0 Å². The van der Waals surface area contributed by atoms with E-state index in [9.17, 15) is 9.59 Å². The molecule has 1 amide bonds. The van der Waals surface area contributed by atoms with Gasteiger partial charge in [-0.2, -0.15) is 5.26 Å². The van der Waals surface area contributed by atoms with Crippen molar-refractivity contribution >= 4 is 11.9 Å². The molecular formula is C20H20N2O3. The Morgan fingerprint density at radius 1 is 1.04 bits per heavy atom. The van der Waals surface area contributed by atoms with Gasteiger partial charge >= 0.3 is 5.97 Å². The van der Waals surface area contributed by atoms with E-state index in [4.69, 9.17) is 10.00 Å². The van der Waals surface area contributed by atoms with Gasteiger partial charge in [0.15, 0.2) is 0 Å². The van der Waals surface area contributed by atoms with Gasteiger partial charge in [-0.15, -0.1) is 0 Å². The highest BCUT2D eigenvalue weighted by atomic mass is 16.5. The van der Waals surface area contributed by atoms with Crippen molar-refractivity contribution in [1.29, 1.82) is 5.26 Å². The molecule has 0 spiro atoms. The molecule has 25 heavy (non-hydrogen) atoms. The molecule has 0 saturated heterocycles. The van der Waals surface area contributed by atoms with E-state index >= 15 is 0 Å². The van der Waals surface area contributed by atoms with Crippen LogP contribution >= 0.6 is 0 Å². The Morgan fingerprint density at radius 3 is 2.16 bits per heavy atom. The second-order valence-electron chi connectivity index (χ2n) is 6.62. The summed E-state index contributed by atoms with van der Waals surface area (Å²) in [7, 11) is 0. The molecule has 2 aromatic rings. The first-order valence-corrected chi connectivity index (χ1v) is 7.88. The monoisotopic (exact) mass is 336 g/mol. The molecule has 0 aliphatic carbocycles. The van der Waals surface area contributed by atoms with Crippen molar-refractivity contribution in [1.82, 2.24) is 5.32 Å². The zero-order valence-electron chi connectivity index (χ0n) is 14.4. The number of benzene rings is 2. The van der Waals surface area contributed by atoms with Crippen LogP contribution in [0.3, 0.4) is 0 Å². The van der Waals surface area contributed by atoms with Gasteiger partial charge in [0.2, 0.25) is 6.10 Å². The number of carbonyl (C=O) groups excluding carboxylic acids is 2. The molecule has 1 atom stereocenters. The standard InChI is InChI=1S/C20H20N2O3/c1-20(2,3)22-18(23)17(15-11-9-14(13-21)10-12-15)25-19(24)16-7-5-4-6-8-16/h4-12,17H,1-3H3,(H,22,23). The zero-order chi connectivity index (χ0) is 18.4. The van der Waals surface area contributed by atoms with Gasteiger partial charge in [-0.3, -0.25) is 4.79 Å². The van der Waals surface area contributed by atoms with Crippen LogP contribution in [0.15, 0.2) is 54.6 Å². The molecule has 0 saturated carbocycles. The van der Waals surface area contributed by atoms with Gasteiger partial charge in [0.25, 0.3) is 5.91 Å². The summed E-state index contributed by atoms with van der Waals surface area (Å²) in [4.78, 5) is 25.0. The molecule has 0 bridgehead atoms. The van der Waals surface area contributed by atoms with Crippen molar-refractivity contribution in [3.63, 3.8) is 0 Å². The lowest BCUT2D eigenvalue weighted by molar-refractivity contribution is -0.131.